The van der Waals surface area contributed by atoms with E-state index in [0.717, 1.165) is 6.42 Å². The Morgan fingerprint density at radius 2 is 2.15 bits per heavy atom. The number of carbonyl (C=O) groups is 1. The molecule has 2 aromatic rings. The van der Waals surface area contributed by atoms with Crippen molar-refractivity contribution in [2.45, 2.75) is 6.42 Å². The van der Waals surface area contributed by atoms with E-state index >= 15 is 0 Å². The molecule has 20 heavy (non-hydrogen) atoms. The zero-order chi connectivity index (χ0) is 13.9. The Balaban J connectivity index is 1.87. The summed E-state index contributed by atoms with van der Waals surface area (Å²) in [5.74, 6) is -0.545. The third-order valence-electron chi connectivity index (χ3n) is 3.40. The van der Waals surface area contributed by atoms with Gasteiger partial charge in [-0.15, -0.1) is 0 Å². The summed E-state index contributed by atoms with van der Waals surface area (Å²) < 4.78 is 20.4. The molecule has 1 aliphatic heterocycles. The first-order valence-corrected chi connectivity index (χ1v) is 6.55. The Labute approximate surface area is 116 Å². The molecular formula is C15H15FN2O2. The van der Waals surface area contributed by atoms with Crippen molar-refractivity contribution in [3.05, 3.63) is 48.5 Å². The van der Waals surface area contributed by atoms with Crippen molar-refractivity contribution in [3.8, 4) is 5.69 Å². The molecule has 1 aromatic carbocycles. The molecule has 2 heterocycles. The molecule has 5 heteroatoms. The third kappa shape index (κ3) is 2.58. The maximum Gasteiger partial charge on any atom is 0.229 e. The van der Waals surface area contributed by atoms with Crippen LogP contribution in [0.5, 0.6) is 0 Å². The van der Waals surface area contributed by atoms with Gasteiger partial charge in [0.1, 0.15) is 5.82 Å². The number of amides is 1. The summed E-state index contributed by atoms with van der Waals surface area (Å²) in [5.41, 5.74) is 1.21. The van der Waals surface area contributed by atoms with E-state index < -0.39 is 0 Å². The molecular weight excluding hydrogens is 259 g/mol. The number of aromatic nitrogens is 1. The van der Waals surface area contributed by atoms with E-state index in [0.29, 0.717) is 24.6 Å². The monoisotopic (exact) mass is 274 g/mol. The van der Waals surface area contributed by atoms with Crippen LogP contribution in [0.25, 0.3) is 5.69 Å². The van der Waals surface area contributed by atoms with Gasteiger partial charge in [0.15, 0.2) is 0 Å². The highest BCUT2D eigenvalue weighted by Gasteiger charge is 2.24. The lowest BCUT2D eigenvalue weighted by atomic mass is 10.1. The molecule has 1 amide bonds. The molecule has 1 aliphatic rings. The third-order valence-corrected chi connectivity index (χ3v) is 3.40. The second-order valence-corrected chi connectivity index (χ2v) is 4.80. The summed E-state index contributed by atoms with van der Waals surface area (Å²) in [6, 6.07) is 8.02. The number of hydrogen-bond acceptors (Lipinski definition) is 2. The van der Waals surface area contributed by atoms with Crippen LogP contribution in [0.15, 0.2) is 42.7 Å². The van der Waals surface area contributed by atoms with Crippen LogP contribution in [-0.2, 0) is 9.53 Å². The fourth-order valence-electron chi connectivity index (χ4n) is 2.30. The largest absolute Gasteiger partial charge is 0.381 e. The van der Waals surface area contributed by atoms with Crippen LogP contribution in [0.3, 0.4) is 0 Å². The van der Waals surface area contributed by atoms with Crippen molar-refractivity contribution < 1.29 is 13.9 Å². The van der Waals surface area contributed by atoms with E-state index in [9.17, 15) is 9.18 Å². The minimum Gasteiger partial charge on any atom is -0.381 e. The van der Waals surface area contributed by atoms with Gasteiger partial charge in [-0.05, 0) is 36.8 Å². The highest BCUT2D eigenvalue weighted by atomic mass is 19.1. The normalized spacial score (nSPS) is 18.1. The number of nitrogens with one attached hydrogen (secondary N) is 1. The highest BCUT2D eigenvalue weighted by molar-refractivity contribution is 5.94. The van der Waals surface area contributed by atoms with Gasteiger partial charge in [0.2, 0.25) is 5.91 Å². The summed E-state index contributed by atoms with van der Waals surface area (Å²) in [4.78, 5) is 12.1. The molecule has 1 N–H and O–H groups in total. The lowest BCUT2D eigenvalue weighted by molar-refractivity contribution is -0.119. The van der Waals surface area contributed by atoms with Crippen molar-refractivity contribution in [3.63, 3.8) is 0 Å². The Morgan fingerprint density at radius 3 is 2.85 bits per heavy atom. The predicted molar refractivity (Wildman–Crippen MR) is 73.3 cm³/mol. The number of rotatable bonds is 3. The van der Waals surface area contributed by atoms with Gasteiger partial charge in [-0.2, -0.15) is 0 Å². The van der Waals surface area contributed by atoms with E-state index in [1.54, 1.807) is 10.6 Å². The van der Waals surface area contributed by atoms with Crippen LogP contribution in [0.4, 0.5) is 10.1 Å². The highest BCUT2D eigenvalue weighted by Crippen LogP contribution is 2.23. The van der Waals surface area contributed by atoms with Crippen molar-refractivity contribution in [1.82, 2.24) is 4.57 Å². The summed E-state index contributed by atoms with van der Waals surface area (Å²) in [5, 5.41) is 2.86. The molecule has 1 fully saturated rings. The summed E-state index contributed by atoms with van der Waals surface area (Å²) >= 11 is 0. The molecule has 0 spiro atoms. The van der Waals surface area contributed by atoms with Crippen molar-refractivity contribution in [2.75, 3.05) is 18.5 Å². The molecule has 3 rings (SSSR count). The van der Waals surface area contributed by atoms with E-state index in [2.05, 4.69) is 5.32 Å². The Hall–Kier alpha value is -2.14. The van der Waals surface area contributed by atoms with Crippen LogP contribution >= 0.6 is 0 Å². The number of anilines is 1. The van der Waals surface area contributed by atoms with Crippen LogP contribution in [-0.4, -0.2) is 23.7 Å². The van der Waals surface area contributed by atoms with E-state index in [1.807, 2.05) is 24.5 Å². The van der Waals surface area contributed by atoms with Gasteiger partial charge >= 0.3 is 0 Å². The van der Waals surface area contributed by atoms with E-state index in [-0.39, 0.29) is 17.6 Å². The van der Waals surface area contributed by atoms with Crippen LogP contribution < -0.4 is 5.32 Å². The number of carbonyl (C=O) groups excluding carboxylic acids is 1. The number of ether oxygens (including phenoxy) is 1. The first-order valence-electron chi connectivity index (χ1n) is 6.55. The molecule has 0 unspecified atom stereocenters. The maximum atomic E-state index is 13.4. The molecule has 1 aromatic heterocycles. The number of hydrogen-bond donors (Lipinski definition) is 1. The SMILES string of the molecule is O=C(Nc1ccc(F)cc1-n1cccc1)[C@H]1CCOC1. The Morgan fingerprint density at radius 1 is 1.35 bits per heavy atom. The number of halogens is 1. The van der Waals surface area contributed by atoms with Crippen molar-refractivity contribution in [2.24, 2.45) is 5.92 Å². The standard InChI is InChI=1S/C15H15FN2O2/c16-12-3-4-13(14(9-12)18-6-1-2-7-18)17-15(19)11-5-8-20-10-11/h1-4,6-7,9,11H,5,8,10H2,(H,17,19)/t11-/m0/s1. The topological polar surface area (TPSA) is 43.3 Å². The predicted octanol–water partition coefficient (Wildman–Crippen LogP) is 2.59. The first-order chi connectivity index (χ1) is 9.74. The Kier molecular flexibility index (Phi) is 3.52. The average Bonchev–Trinajstić information content (AvgIpc) is 3.13. The van der Waals surface area contributed by atoms with Crippen LogP contribution in [0.2, 0.25) is 0 Å². The van der Waals surface area contributed by atoms with Gasteiger partial charge in [0.05, 0.1) is 23.9 Å². The molecule has 0 bridgehead atoms. The van der Waals surface area contributed by atoms with Gasteiger partial charge < -0.3 is 14.6 Å². The zero-order valence-corrected chi connectivity index (χ0v) is 10.9. The molecule has 4 nitrogen and oxygen atoms in total. The fourth-order valence-corrected chi connectivity index (χ4v) is 2.30. The van der Waals surface area contributed by atoms with Crippen LogP contribution in [0, 0.1) is 11.7 Å². The number of benzene rings is 1. The number of nitrogens with zero attached hydrogens (tertiary/aromatic N) is 1. The minimum atomic E-state index is -0.337. The van der Waals surface area contributed by atoms with Gasteiger partial charge in [-0.1, -0.05) is 0 Å². The summed E-state index contributed by atoms with van der Waals surface area (Å²) in [7, 11) is 0. The molecule has 1 saturated heterocycles. The van der Waals surface area contributed by atoms with Gasteiger partial charge in [0.25, 0.3) is 0 Å². The van der Waals surface area contributed by atoms with Crippen molar-refractivity contribution >= 4 is 11.6 Å². The molecule has 0 aliphatic carbocycles. The zero-order valence-electron chi connectivity index (χ0n) is 10.9. The minimum absolute atomic E-state index is 0.0810. The second kappa shape index (κ2) is 5.46. The Bertz CT molecular complexity index is 604. The molecule has 0 radical (unpaired) electrons. The second-order valence-electron chi connectivity index (χ2n) is 4.80. The quantitative estimate of drug-likeness (QED) is 0.935. The smallest absolute Gasteiger partial charge is 0.229 e. The fraction of sp³-hybridized carbons (Fsp3) is 0.267. The van der Waals surface area contributed by atoms with Crippen molar-refractivity contribution in [1.29, 1.82) is 0 Å². The van der Waals surface area contributed by atoms with Gasteiger partial charge in [-0.3, -0.25) is 4.79 Å². The van der Waals surface area contributed by atoms with Gasteiger partial charge in [-0.25, -0.2) is 4.39 Å². The summed E-state index contributed by atoms with van der Waals surface area (Å²) in [6.45, 7) is 1.07. The maximum absolute atomic E-state index is 13.4. The average molecular weight is 274 g/mol. The molecule has 104 valence electrons. The summed E-state index contributed by atoms with van der Waals surface area (Å²) in [6.07, 6.45) is 4.35. The van der Waals surface area contributed by atoms with Crippen LogP contribution in [0.1, 0.15) is 6.42 Å². The van der Waals surface area contributed by atoms with E-state index in [4.69, 9.17) is 4.74 Å². The molecule has 1 atom stereocenters. The lowest BCUT2D eigenvalue weighted by Crippen LogP contribution is -2.23. The first kappa shape index (κ1) is 12.9. The lowest BCUT2D eigenvalue weighted by Gasteiger charge is -2.14. The van der Waals surface area contributed by atoms with E-state index in [1.165, 1.54) is 12.1 Å². The molecule has 0 saturated carbocycles. The van der Waals surface area contributed by atoms with Gasteiger partial charge in [0, 0.05) is 19.0 Å².